The molecule has 1 aromatic heterocycles. The molecule has 0 unspecified atom stereocenters. The molecule has 0 saturated carbocycles. The molecule has 0 aliphatic heterocycles. The van der Waals surface area contributed by atoms with Crippen molar-refractivity contribution < 1.29 is 4.74 Å². The molecule has 3 N–H and O–H groups in total. The van der Waals surface area contributed by atoms with Crippen molar-refractivity contribution in [3.63, 3.8) is 0 Å². The van der Waals surface area contributed by atoms with Crippen molar-refractivity contribution in [2.75, 3.05) is 36.7 Å². The minimum atomic E-state index is 0.418. The van der Waals surface area contributed by atoms with E-state index in [-0.39, 0.29) is 0 Å². The molecule has 0 atom stereocenters. The van der Waals surface area contributed by atoms with E-state index in [9.17, 15) is 0 Å². The Morgan fingerprint density at radius 1 is 1.44 bits per heavy atom. The lowest BCUT2D eigenvalue weighted by atomic mass is 10.3. The fourth-order valence-corrected chi connectivity index (χ4v) is 1.75. The zero-order chi connectivity index (χ0) is 11.8. The van der Waals surface area contributed by atoms with Gasteiger partial charge in [-0.1, -0.05) is 0 Å². The van der Waals surface area contributed by atoms with E-state index in [1.54, 1.807) is 7.11 Å². The van der Waals surface area contributed by atoms with E-state index in [2.05, 4.69) is 21.5 Å². The topological polar surface area (TPSA) is 73.1 Å². The number of unbranched alkanes of at least 4 members (excludes halogenated alkanes) is 1. The second-order valence-corrected chi connectivity index (χ2v) is 4.26. The van der Waals surface area contributed by atoms with Crippen LogP contribution in [0, 0.1) is 0 Å². The second kappa shape index (κ2) is 7.16. The van der Waals surface area contributed by atoms with Crippen molar-refractivity contribution in [1.29, 1.82) is 0 Å². The minimum absolute atomic E-state index is 0.418. The van der Waals surface area contributed by atoms with Gasteiger partial charge in [0, 0.05) is 6.54 Å². The lowest BCUT2D eigenvalue weighted by molar-refractivity contribution is 0.399. The van der Waals surface area contributed by atoms with Crippen LogP contribution < -0.4 is 15.8 Å². The molecule has 1 heterocycles. The molecule has 90 valence electrons. The van der Waals surface area contributed by atoms with Crippen LogP contribution in [0.15, 0.2) is 6.33 Å². The lowest BCUT2D eigenvalue weighted by Gasteiger charge is -2.09. The van der Waals surface area contributed by atoms with Gasteiger partial charge in [0.2, 0.25) is 5.88 Å². The standard InChI is InChI=1S/C10H18N4OS/c1-15-10-8(11)9(13-7-14-10)12-5-3-4-6-16-2/h7H,3-6,11H2,1-2H3,(H,12,13,14). The molecule has 16 heavy (non-hydrogen) atoms. The predicted molar refractivity (Wildman–Crippen MR) is 69.1 cm³/mol. The molecule has 0 amide bonds. The third kappa shape index (κ3) is 3.77. The molecule has 0 fully saturated rings. The molecule has 0 radical (unpaired) electrons. The summed E-state index contributed by atoms with van der Waals surface area (Å²) < 4.78 is 5.01. The van der Waals surface area contributed by atoms with Crippen molar-refractivity contribution in [3.8, 4) is 5.88 Å². The maximum Gasteiger partial charge on any atom is 0.242 e. The fraction of sp³-hybridized carbons (Fsp3) is 0.600. The van der Waals surface area contributed by atoms with Gasteiger partial charge in [0.1, 0.15) is 12.0 Å². The van der Waals surface area contributed by atoms with E-state index in [1.807, 2.05) is 11.8 Å². The van der Waals surface area contributed by atoms with Crippen molar-refractivity contribution in [3.05, 3.63) is 6.33 Å². The first kappa shape index (κ1) is 12.9. The maximum absolute atomic E-state index is 5.82. The van der Waals surface area contributed by atoms with Gasteiger partial charge in [-0.15, -0.1) is 0 Å². The highest BCUT2D eigenvalue weighted by Gasteiger charge is 2.06. The number of methoxy groups -OCH3 is 1. The van der Waals surface area contributed by atoms with E-state index >= 15 is 0 Å². The predicted octanol–water partition coefficient (Wildman–Crippen LogP) is 1.62. The molecule has 0 bridgehead atoms. The number of nitrogens with zero attached hydrogens (tertiary/aromatic N) is 2. The van der Waals surface area contributed by atoms with Crippen molar-refractivity contribution in [2.24, 2.45) is 0 Å². The summed E-state index contributed by atoms with van der Waals surface area (Å²) in [7, 11) is 1.54. The number of anilines is 2. The van der Waals surface area contributed by atoms with Gasteiger partial charge in [-0.2, -0.15) is 16.7 Å². The van der Waals surface area contributed by atoms with Crippen LogP contribution in [-0.4, -0.2) is 35.6 Å². The molecular formula is C10H18N4OS. The summed E-state index contributed by atoms with van der Waals surface area (Å²) in [5, 5.41) is 3.18. The largest absolute Gasteiger partial charge is 0.479 e. The SMILES string of the molecule is COc1ncnc(NCCCCSC)c1N. The van der Waals surface area contributed by atoms with Gasteiger partial charge in [-0.3, -0.25) is 0 Å². The Morgan fingerprint density at radius 3 is 2.94 bits per heavy atom. The Balaban J connectivity index is 2.41. The van der Waals surface area contributed by atoms with Crippen LogP contribution in [0.2, 0.25) is 0 Å². The normalized spacial score (nSPS) is 10.1. The van der Waals surface area contributed by atoms with Crippen molar-refractivity contribution >= 4 is 23.3 Å². The third-order valence-corrected chi connectivity index (χ3v) is 2.81. The summed E-state index contributed by atoms with van der Waals surface area (Å²) in [5.41, 5.74) is 6.29. The number of aromatic nitrogens is 2. The molecule has 1 aromatic rings. The number of nitrogens with one attached hydrogen (secondary N) is 1. The van der Waals surface area contributed by atoms with Gasteiger partial charge in [0.05, 0.1) is 7.11 Å². The Morgan fingerprint density at radius 2 is 2.25 bits per heavy atom. The van der Waals surface area contributed by atoms with Crippen LogP contribution in [0.5, 0.6) is 5.88 Å². The number of nitrogen functional groups attached to an aromatic ring is 1. The first-order chi connectivity index (χ1) is 7.79. The van der Waals surface area contributed by atoms with E-state index in [0.29, 0.717) is 17.4 Å². The number of rotatable bonds is 7. The van der Waals surface area contributed by atoms with Crippen molar-refractivity contribution in [2.45, 2.75) is 12.8 Å². The third-order valence-electron chi connectivity index (χ3n) is 2.11. The highest BCUT2D eigenvalue weighted by atomic mass is 32.2. The second-order valence-electron chi connectivity index (χ2n) is 3.27. The van der Waals surface area contributed by atoms with E-state index in [0.717, 1.165) is 13.0 Å². The number of hydrogen-bond acceptors (Lipinski definition) is 6. The molecule has 0 aliphatic carbocycles. The number of hydrogen-bond donors (Lipinski definition) is 2. The molecular weight excluding hydrogens is 224 g/mol. The van der Waals surface area contributed by atoms with Crippen LogP contribution in [-0.2, 0) is 0 Å². The summed E-state index contributed by atoms with van der Waals surface area (Å²) in [5.74, 6) is 2.25. The van der Waals surface area contributed by atoms with Gasteiger partial charge in [-0.05, 0) is 24.9 Å². The maximum atomic E-state index is 5.82. The molecule has 5 nitrogen and oxygen atoms in total. The number of nitrogens with two attached hydrogens (primary N) is 1. The van der Waals surface area contributed by atoms with Crippen LogP contribution in [0.3, 0.4) is 0 Å². The van der Waals surface area contributed by atoms with Gasteiger partial charge in [-0.25, -0.2) is 4.98 Å². The Kier molecular flexibility index (Phi) is 5.77. The van der Waals surface area contributed by atoms with Crippen LogP contribution in [0.4, 0.5) is 11.5 Å². The zero-order valence-corrected chi connectivity index (χ0v) is 10.5. The summed E-state index contributed by atoms with van der Waals surface area (Å²) >= 11 is 1.86. The van der Waals surface area contributed by atoms with Crippen LogP contribution >= 0.6 is 11.8 Å². The Bertz CT molecular complexity index is 322. The van der Waals surface area contributed by atoms with Gasteiger partial charge in [0.25, 0.3) is 0 Å². The quantitative estimate of drug-likeness (QED) is 0.708. The van der Waals surface area contributed by atoms with Gasteiger partial charge in [0.15, 0.2) is 5.82 Å². The van der Waals surface area contributed by atoms with E-state index in [1.165, 1.54) is 18.5 Å². The lowest BCUT2D eigenvalue weighted by Crippen LogP contribution is -2.08. The summed E-state index contributed by atoms with van der Waals surface area (Å²) in [6.45, 7) is 0.866. The highest BCUT2D eigenvalue weighted by molar-refractivity contribution is 7.98. The molecule has 0 saturated heterocycles. The first-order valence-corrected chi connectivity index (χ1v) is 6.56. The fourth-order valence-electron chi connectivity index (χ4n) is 1.26. The van der Waals surface area contributed by atoms with Crippen LogP contribution in [0.1, 0.15) is 12.8 Å². The number of thioether (sulfide) groups is 1. The Labute approximate surface area is 100 Å². The molecule has 0 aromatic carbocycles. The summed E-state index contributed by atoms with van der Waals surface area (Å²) in [6.07, 6.45) is 5.85. The van der Waals surface area contributed by atoms with Gasteiger partial charge < -0.3 is 15.8 Å². The smallest absolute Gasteiger partial charge is 0.242 e. The van der Waals surface area contributed by atoms with E-state index < -0.39 is 0 Å². The van der Waals surface area contributed by atoms with Crippen molar-refractivity contribution in [1.82, 2.24) is 9.97 Å². The molecule has 6 heteroatoms. The molecule has 0 spiro atoms. The first-order valence-electron chi connectivity index (χ1n) is 5.17. The zero-order valence-electron chi connectivity index (χ0n) is 9.69. The average Bonchev–Trinajstić information content (AvgIpc) is 2.31. The van der Waals surface area contributed by atoms with Gasteiger partial charge >= 0.3 is 0 Å². The van der Waals surface area contributed by atoms with Crippen LogP contribution in [0.25, 0.3) is 0 Å². The number of ether oxygens (including phenoxy) is 1. The molecule has 0 aliphatic rings. The van der Waals surface area contributed by atoms with E-state index in [4.69, 9.17) is 10.5 Å². The Hall–Kier alpha value is -1.17. The average molecular weight is 242 g/mol. The summed E-state index contributed by atoms with van der Waals surface area (Å²) in [4.78, 5) is 7.99. The monoisotopic (exact) mass is 242 g/mol. The highest BCUT2D eigenvalue weighted by Crippen LogP contribution is 2.23. The minimum Gasteiger partial charge on any atom is -0.479 e. The summed E-state index contributed by atoms with van der Waals surface area (Å²) in [6, 6.07) is 0. The molecule has 1 rings (SSSR count).